The van der Waals surface area contributed by atoms with Gasteiger partial charge in [0.1, 0.15) is 23.9 Å². The highest BCUT2D eigenvalue weighted by molar-refractivity contribution is 5.62. The second kappa shape index (κ2) is 5.35. The maximum absolute atomic E-state index is 8.91. The Labute approximate surface area is 100 Å². The molecule has 4 heteroatoms. The number of hydrogen-bond acceptors (Lipinski definition) is 4. The largest absolute Gasteiger partial charge is 0.345 e. The Morgan fingerprint density at radius 2 is 1.71 bits per heavy atom. The van der Waals surface area contributed by atoms with E-state index < -0.39 is 0 Å². The van der Waals surface area contributed by atoms with E-state index in [-0.39, 0.29) is 11.3 Å². The topological polar surface area (TPSA) is 83.4 Å². The van der Waals surface area contributed by atoms with E-state index in [2.05, 4.69) is 5.32 Å². The lowest BCUT2D eigenvalue weighted by Crippen LogP contribution is -2.02. The highest BCUT2D eigenvalue weighted by atomic mass is 14.9. The molecule has 0 aliphatic heterocycles. The summed E-state index contributed by atoms with van der Waals surface area (Å²) in [5, 5.41) is 29.1. The van der Waals surface area contributed by atoms with Crippen LogP contribution < -0.4 is 5.32 Å². The average Bonchev–Trinajstić information content (AvgIpc) is 2.33. The Bertz CT molecular complexity index is 575. The third-order valence-corrected chi connectivity index (χ3v) is 2.24. The molecule has 0 radical (unpaired) electrons. The third-order valence-electron chi connectivity index (χ3n) is 2.24. The zero-order valence-electron chi connectivity index (χ0n) is 9.57. The summed E-state index contributed by atoms with van der Waals surface area (Å²) in [6.07, 6.45) is 0. The van der Waals surface area contributed by atoms with E-state index in [0.717, 1.165) is 16.8 Å². The number of allylic oxidation sites excluding steroid dienone is 2. The van der Waals surface area contributed by atoms with Gasteiger partial charge in [0.05, 0.1) is 0 Å². The fourth-order valence-electron chi connectivity index (χ4n) is 1.29. The molecule has 0 aromatic heterocycles. The predicted molar refractivity (Wildman–Crippen MR) is 63.4 cm³/mol. The van der Waals surface area contributed by atoms with Gasteiger partial charge in [-0.25, -0.2) is 0 Å². The highest BCUT2D eigenvalue weighted by Gasteiger charge is 2.07. The number of anilines is 1. The van der Waals surface area contributed by atoms with Crippen LogP contribution in [0.2, 0.25) is 0 Å². The van der Waals surface area contributed by atoms with E-state index in [1.165, 1.54) is 0 Å². The highest BCUT2D eigenvalue weighted by Crippen LogP contribution is 2.19. The van der Waals surface area contributed by atoms with Crippen LogP contribution in [0.15, 0.2) is 29.5 Å². The Balaban J connectivity index is 3.20. The van der Waals surface area contributed by atoms with Crippen molar-refractivity contribution in [1.29, 1.82) is 15.8 Å². The van der Waals surface area contributed by atoms with Crippen LogP contribution >= 0.6 is 0 Å². The Morgan fingerprint density at radius 3 is 2.24 bits per heavy atom. The van der Waals surface area contributed by atoms with Gasteiger partial charge in [-0.2, -0.15) is 15.8 Å². The first-order chi connectivity index (χ1) is 8.12. The first-order valence-electron chi connectivity index (χ1n) is 4.91. The maximum Gasteiger partial charge on any atom is 0.163 e. The third kappa shape index (κ3) is 2.84. The monoisotopic (exact) mass is 222 g/mol. The molecule has 0 fully saturated rings. The number of rotatable bonds is 2. The minimum absolute atomic E-state index is 0.0244. The molecule has 1 N–H and O–H groups in total. The molecule has 0 saturated heterocycles. The van der Waals surface area contributed by atoms with E-state index >= 15 is 0 Å². The van der Waals surface area contributed by atoms with E-state index in [0.29, 0.717) is 0 Å². The molecular formula is C13H10N4. The number of nitrogens with zero attached hydrogens (tertiary/aromatic N) is 3. The number of hydrogen-bond donors (Lipinski definition) is 1. The minimum atomic E-state index is -0.214. The van der Waals surface area contributed by atoms with Crippen LogP contribution in [-0.2, 0) is 0 Å². The average molecular weight is 222 g/mol. The molecule has 0 aliphatic rings. The van der Waals surface area contributed by atoms with Crippen LogP contribution in [-0.4, -0.2) is 0 Å². The van der Waals surface area contributed by atoms with Gasteiger partial charge in [0.15, 0.2) is 5.57 Å². The molecule has 17 heavy (non-hydrogen) atoms. The van der Waals surface area contributed by atoms with Gasteiger partial charge in [0.2, 0.25) is 0 Å². The second-order valence-corrected chi connectivity index (χ2v) is 3.53. The zero-order valence-corrected chi connectivity index (χ0v) is 9.57. The summed E-state index contributed by atoms with van der Waals surface area (Å²) >= 11 is 0. The van der Waals surface area contributed by atoms with Gasteiger partial charge < -0.3 is 5.32 Å². The Hall–Kier alpha value is -2.77. The molecule has 0 unspecified atom stereocenters. The van der Waals surface area contributed by atoms with Gasteiger partial charge >= 0.3 is 0 Å². The first-order valence-corrected chi connectivity index (χ1v) is 4.91. The van der Waals surface area contributed by atoms with Crippen molar-refractivity contribution in [3.05, 3.63) is 40.6 Å². The summed E-state index contributed by atoms with van der Waals surface area (Å²) in [4.78, 5) is 0. The van der Waals surface area contributed by atoms with E-state index in [9.17, 15) is 0 Å². The first kappa shape index (κ1) is 12.3. The quantitative estimate of drug-likeness (QED) is 0.779. The lowest BCUT2D eigenvalue weighted by molar-refractivity contribution is 1.33. The lowest BCUT2D eigenvalue weighted by Gasteiger charge is -2.08. The number of benzene rings is 1. The lowest BCUT2D eigenvalue weighted by atomic mass is 10.1. The van der Waals surface area contributed by atoms with Crippen molar-refractivity contribution in [1.82, 2.24) is 0 Å². The molecule has 0 heterocycles. The normalized spacial score (nSPS) is 8.41. The second-order valence-electron chi connectivity index (χ2n) is 3.53. The van der Waals surface area contributed by atoms with Crippen LogP contribution in [0.5, 0.6) is 0 Å². The molecular weight excluding hydrogens is 212 g/mol. The Morgan fingerprint density at radius 1 is 1.06 bits per heavy atom. The van der Waals surface area contributed by atoms with Crippen molar-refractivity contribution in [3.8, 4) is 18.2 Å². The van der Waals surface area contributed by atoms with Crippen molar-refractivity contribution in [3.63, 3.8) is 0 Å². The predicted octanol–water partition coefficient (Wildman–Crippen LogP) is 2.54. The van der Waals surface area contributed by atoms with Crippen LogP contribution in [0.4, 0.5) is 5.69 Å². The number of aryl methyl sites for hydroxylation is 2. The fourth-order valence-corrected chi connectivity index (χ4v) is 1.29. The summed E-state index contributed by atoms with van der Waals surface area (Å²) in [6, 6.07) is 10.9. The Kier molecular flexibility index (Phi) is 3.87. The molecule has 4 nitrogen and oxygen atoms in total. The van der Waals surface area contributed by atoms with Crippen molar-refractivity contribution >= 4 is 5.69 Å². The smallest absolute Gasteiger partial charge is 0.163 e. The van der Waals surface area contributed by atoms with Crippen LogP contribution in [0, 0.1) is 47.8 Å². The summed E-state index contributed by atoms with van der Waals surface area (Å²) in [7, 11) is 0. The van der Waals surface area contributed by atoms with Crippen molar-refractivity contribution < 1.29 is 0 Å². The number of nitriles is 3. The molecule has 0 atom stereocenters. The van der Waals surface area contributed by atoms with Crippen molar-refractivity contribution in [2.45, 2.75) is 13.8 Å². The van der Waals surface area contributed by atoms with E-state index in [1.54, 1.807) is 12.1 Å². The standard InChI is InChI=1S/C13H10N4/c1-9-3-4-10(2)12(5-9)17-13(8-16)11(6-14)7-15/h3-5,17H,1-2H3. The van der Waals surface area contributed by atoms with Gasteiger partial charge in [-0.1, -0.05) is 12.1 Å². The van der Waals surface area contributed by atoms with Crippen LogP contribution in [0.1, 0.15) is 11.1 Å². The molecule has 0 aliphatic carbocycles. The van der Waals surface area contributed by atoms with Gasteiger partial charge in [-0.3, -0.25) is 0 Å². The van der Waals surface area contributed by atoms with Crippen LogP contribution in [0.3, 0.4) is 0 Å². The SMILES string of the molecule is Cc1ccc(C)c(NC(C#N)=C(C#N)C#N)c1. The van der Waals surface area contributed by atoms with Gasteiger partial charge in [0, 0.05) is 5.69 Å². The maximum atomic E-state index is 8.91. The van der Waals surface area contributed by atoms with Crippen molar-refractivity contribution in [2.75, 3.05) is 5.32 Å². The molecule has 1 aromatic rings. The zero-order chi connectivity index (χ0) is 12.8. The summed E-state index contributed by atoms with van der Waals surface area (Å²) in [5.74, 6) is 0. The molecule has 1 rings (SSSR count). The van der Waals surface area contributed by atoms with Crippen LogP contribution in [0.25, 0.3) is 0 Å². The van der Waals surface area contributed by atoms with E-state index in [1.807, 2.05) is 38.1 Å². The summed E-state index contributed by atoms with van der Waals surface area (Å²) in [5.41, 5.74) is 2.46. The number of nitrogens with one attached hydrogen (secondary N) is 1. The summed E-state index contributed by atoms with van der Waals surface area (Å²) < 4.78 is 0. The minimum Gasteiger partial charge on any atom is -0.345 e. The molecule has 0 amide bonds. The van der Waals surface area contributed by atoms with Gasteiger partial charge in [-0.15, -0.1) is 0 Å². The molecule has 1 aromatic carbocycles. The fraction of sp³-hybridized carbons (Fsp3) is 0.154. The van der Waals surface area contributed by atoms with Gasteiger partial charge in [-0.05, 0) is 31.0 Å². The van der Waals surface area contributed by atoms with E-state index in [4.69, 9.17) is 15.8 Å². The molecule has 0 saturated carbocycles. The molecule has 0 bridgehead atoms. The summed E-state index contributed by atoms with van der Waals surface area (Å²) in [6.45, 7) is 3.81. The van der Waals surface area contributed by atoms with Crippen molar-refractivity contribution in [2.24, 2.45) is 0 Å². The molecule has 82 valence electrons. The molecule has 0 spiro atoms. The van der Waals surface area contributed by atoms with Gasteiger partial charge in [0.25, 0.3) is 0 Å².